The summed E-state index contributed by atoms with van der Waals surface area (Å²) in [6.45, 7) is 1.65. The molecule has 1 rings (SSSR count). The van der Waals surface area contributed by atoms with Crippen molar-refractivity contribution in [2.75, 3.05) is 0 Å². The van der Waals surface area contributed by atoms with Gasteiger partial charge in [0.1, 0.15) is 0 Å². The first-order valence-corrected chi connectivity index (χ1v) is 3.36. The molecule has 0 unspecified atom stereocenters. The maximum atomic E-state index is 8.73. The van der Waals surface area contributed by atoms with Gasteiger partial charge in [-0.05, 0) is 19.8 Å². The average Bonchev–Trinajstić information content (AvgIpc) is 2.20. The van der Waals surface area contributed by atoms with E-state index in [4.69, 9.17) is 5.11 Å². The lowest BCUT2D eigenvalue weighted by Gasteiger charge is -1.91. The molecule has 1 saturated carbocycles. The van der Waals surface area contributed by atoms with Gasteiger partial charge in [0.2, 0.25) is 0 Å². The molecule has 0 aromatic carbocycles. The molecule has 0 bridgehead atoms. The predicted octanol–water partition coefficient (Wildman–Crippen LogP) is 1.56. The Kier molecular flexibility index (Phi) is 5.35. The maximum Gasteiger partial charge on any atom is 0.0540 e. The topological polar surface area (TPSA) is 20.2 Å². The fourth-order valence-corrected chi connectivity index (χ4v) is 0.904. The molecule has 1 aliphatic carbocycles. The number of hydrogen-bond donors (Lipinski definition) is 1. The lowest BCUT2D eigenvalue weighted by molar-refractivity contribution is 0.183. The third-order valence-corrected chi connectivity index (χ3v) is 1.32. The first-order valence-electron chi connectivity index (χ1n) is 3.36. The Hall–Kier alpha value is -0.480. The Morgan fingerprint density at radius 2 is 1.78 bits per heavy atom. The molecule has 0 aliphatic heterocycles. The molecule has 0 radical (unpaired) electrons. The first kappa shape index (κ1) is 8.52. The Morgan fingerprint density at radius 3 is 1.89 bits per heavy atom. The van der Waals surface area contributed by atoms with Crippen LogP contribution < -0.4 is 0 Å². The maximum absolute atomic E-state index is 8.73. The molecule has 1 heteroatoms. The van der Waals surface area contributed by atoms with Crippen molar-refractivity contribution in [2.24, 2.45) is 0 Å². The quantitative estimate of drug-likeness (QED) is 0.488. The smallest absolute Gasteiger partial charge is 0.0540 e. The average molecular weight is 126 g/mol. The summed E-state index contributed by atoms with van der Waals surface area (Å²) >= 11 is 0. The van der Waals surface area contributed by atoms with Crippen LogP contribution in [0.5, 0.6) is 0 Å². The molecule has 0 heterocycles. The second-order valence-corrected chi connectivity index (χ2v) is 2.23. The molecule has 0 saturated heterocycles. The number of rotatable bonds is 0. The highest BCUT2D eigenvalue weighted by Gasteiger charge is 2.09. The van der Waals surface area contributed by atoms with Gasteiger partial charge in [-0.1, -0.05) is 12.8 Å². The Morgan fingerprint density at radius 1 is 1.44 bits per heavy atom. The largest absolute Gasteiger partial charge is 0.393 e. The van der Waals surface area contributed by atoms with Crippen molar-refractivity contribution >= 4 is 0 Å². The van der Waals surface area contributed by atoms with E-state index in [9.17, 15) is 0 Å². The molecule has 1 nitrogen and oxygen atoms in total. The van der Waals surface area contributed by atoms with E-state index in [1.54, 1.807) is 6.92 Å². The number of terminal acetylenes is 1. The SMILES string of the molecule is C#CC.OC1CCCC1. The van der Waals surface area contributed by atoms with E-state index in [-0.39, 0.29) is 6.10 Å². The van der Waals surface area contributed by atoms with Crippen molar-refractivity contribution in [1.82, 2.24) is 0 Å². The van der Waals surface area contributed by atoms with Gasteiger partial charge in [0.05, 0.1) is 6.10 Å². The lowest BCUT2D eigenvalue weighted by Crippen LogP contribution is -1.94. The van der Waals surface area contributed by atoms with Crippen LogP contribution in [0.1, 0.15) is 32.6 Å². The molecule has 1 fully saturated rings. The number of aliphatic hydroxyl groups is 1. The summed E-state index contributed by atoms with van der Waals surface area (Å²) in [6, 6.07) is 0. The van der Waals surface area contributed by atoms with E-state index < -0.39 is 0 Å². The lowest BCUT2D eigenvalue weighted by atomic mass is 10.3. The van der Waals surface area contributed by atoms with Crippen LogP contribution in [0.15, 0.2) is 0 Å². The van der Waals surface area contributed by atoms with Crippen molar-refractivity contribution in [1.29, 1.82) is 0 Å². The highest BCUT2D eigenvalue weighted by Crippen LogP contribution is 2.16. The van der Waals surface area contributed by atoms with E-state index in [0.717, 1.165) is 12.8 Å². The second kappa shape index (κ2) is 5.65. The van der Waals surface area contributed by atoms with Gasteiger partial charge in [0.15, 0.2) is 0 Å². The molecule has 9 heavy (non-hydrogen) atoms. The zero-order valence-corrected chi connectivity index (χ0v) is 5.93. The zero-order chi connectivity index (χ0) is 7.11. The van der Waals surface area contributed by atoms with Crippen LogP contribution >= 0.6 is 0 Å². The van der Waals surface area contributed by atoms with Crippen molar-refractivity contribution in [2.45, 2.75) is 38.7 Å². The Bertz CT molecular complexity index is 85.2. The number of hydrogen-bond acceptors (Lipinski definition) is 1. The fraction of sp³-hybridized carbons (Fsp3) is 0.750. The Labute approximate surface area is 57.1 Å². The minimum atomic E-state index is 0.0463. The molecular weight excluding hydrogens is 112 g/mol. The van der Waals surface area contributed by atoms with Crippen LogP contribution in [0.3, 0.4) is 0 Å². The van der Waals surface area contributed by atoms with Gasteiger partial charge in [0, 0.05) is 0 Å². The summed E-state index contributed by atoms with van der Waals surface area (Å²) in [7, 11) is 0. The van der Waals surface area contributed by atoms with Gasteiger partial charge in [-0.15, -0.1) is 12.3 Å². The van der Waals surface area contributed by atoms with Crippen LogP contribution in [0.4, 0.5) is 0 Å². The molecule has 0 amide bonds. The van der Waals surface area contributed by atoms with Gasteiger partial charge in [-0.2, -0.15) is 0 Å². The van der Waals surface area contributed by atoms with E-state index in [1.807, 2.05) is 0 Å². The minimum absolute atomic E-state index is 0.0463. The summed E-state index contributed by atoms with van der Waals surface area (Å²) in [5, 5.41) is 8.73. The predicted molar refractivity (Wildman–Crippen MR) is 39.0 cm³/mol. The van der Waals surface area contributed by atoms with Crippen molar-refractivity contribution in [3.05, 3.63) is 0 Å². The molecular formula is C8H14O. The van der Waals surface area contributed by atoms with E-state index >= 15 is 0 Å². The van der Waals surface area contributed by atoms with Crippen LogP contribution in [-0.4, -0.2) is 11.2 Å². The minimum Gasteiger partial charge on any atom is -0.393 e. The van der Waals surface area contributed by atoms with Gasteiger partial charge in [-0.3, -0.25) is 0 Å². The van der Waals surface area contributed by atoms with Crippen LogP contribution in [0.25, 0.3) is 0 Å². The van der Waals surface area contributed by atoms with Crippen LogP contribution in [0, 0.1) is 12.3 Å². The summed E-state index contributed by atoms with van der Waals surface area (Å²) in [5.41, 5.74) is 0. The van der Waals surface area contributed by atoms with Gasteiger partial charge < -0.3 is 5.11 Å². The standard InChI is InChI=1S/C5H10O.C3H4/c6-5-3-1-2-4-5;1-3-2/h5-6H,1-4H2;1H,2H3. The molecule has 1 aliphatic rings. The third kappa shape index (κ3) is 5.39. The second-order valence-electron chi connectivity index (χ2n) is 2.23. The monoisotopic (exact) mass is 126 g/mol. The molecule has 0 aromatic rings. The van der Waals surface area contributed by atoms with E-state index in [1.165, 1.54) is 12.8 Å². The highest BCUT2D eigenvalue weighted by molar-refractivity contribution is 4.73. The van der Waals surface area contributed by atoms with Crippen LogP contribution in [0.2, 0.25) is 0 Å². The van der Waals surface area contributed by atoms with Crippen molar-refractivity contribution in [3.63, 3.8) is 0 Å². The molecule has 0 atom stereocenters. The Balaban J connectivity index is 0.000000187. The highest BCUT2D eigenvalue weighted by atomic mass is 16.3. The summed E-state index contributed by atoms with van der Waals surface area (Å²) in [4.78, 5) is 0. The molecule has 0 aromatic heterocycles. The summed E-state index contributed by atoms with van der Waals surface area (Å²) < 4.78 is 0. The molecule has 1 N–H and O–H groups in total. The van der Waals surface area contributed by atoms with Crippen LogP contribution in [-0.2, 0) is 0 Å². The first-order chi connectivity index (χ1) is 4.31. The van der Waals surface area contributed by atoms with Gasteiger partial charge >= 0.3 is 0 Å². The fourth-order valence-electron chi connectivity index (χ4n) is 0.904. The van der Waals surface area contributed by atoms with E-state index in [0.29, 0.717) is 0 Å². The summed E-state index contributed by atoms with van der Waals surface area (Å²) in [6.07, 6.45) is 9.20. The molecule has 52 valence electrons. The van der Waals surface area contributed by atoms with Crippen molar-refractivity contribution in [3.8, 4) is 12.3 Å². The normalized spacial score (nSPS) is 17.9. The van der Waals surface area contributed by atoms with Gasteiger partial charge in [-0.25, -0.2) is 0 Å². The number of aliphatic hydroxyl groups excluding tert-OH is 1. The molecule has 0 spiro atoms. The van der Waals surface area contributed by atoms with Crippen molar-refractivity contribution < 1.29 is 5.11 Å². The zero-order valence-electron chi connectivity index (χ0n) is 5.93. The summed E-state index contributed by atoms with van der Waals surface area (Å²) in [5.74, 6) is 2.25. The van der Waals surface area contributed by atoms with Gasteiger partial charge in [0.25, 0.3) is 0 Å². The van der Waals surface area contributed by atoms with E-state index in [2.05, 4.69) is 12.3 Å². The third-order valence-electron chi connectivity index (χ3n) is 1.32.